The van der Waals surface area contributed by atoms with Crippen molar-refractivity contribution in [1.29, 1.82) is 0 Å². The number of nitrogens with zero attached hydrogens (tertiary/aromatic N) is 1. The van der Waals surface area contributed by atoms with E-state index in [4.69, 9.17) is 4.74 Å². The highest BCUT2D eigenvalue weighted by molar-refractivity contribution is 14.1. The summed E-state index contributed by atoms with van der Waals surface area (Å²) < 4.78 is 6.51. The molecule has 1 fully saturated rings. The number of halogens is 1. The Morgan fingerprint density at radius 2 is 1.91 bits per heavy atom. The first kappa shape index (κ1) is 18.0. The number of amides is 2. The second-order valence-corrected chi connectivity index (χ2v) is 8.01. The molecule has 0 aliphatic carbocycles. The zero-order chi connectivity index (χ0) is 17.0. The highest BCUT2D eigenvalue weighted by Gasteiger charge is 2.31. The SMILES string of the molecule is CC(C)(C)OC(=O)N1CCCC(C(=O)Nc2ccc(I)cc2)C1. The first-order chi connectivity index (χ1) is 10.7. The molecule has 1 N–H and O–H groups in total. The molecule has 6 heteroatoms. The third-order valence-electron chi connectivity index (χ3n) is 3.56. The topological polar surface area (TPSA) is 58.6 Å². The van der Waals surface area contributed by atoms with Crippen LogP contribution in [0.4, 0.5) is 10.5 Å². The van der Waals surface area contributed by atoms with Gasteiger partial charge in [0.25, 0.3) is 0 Å². The Labute approximate surface area is 150 Å². The van der Waals surface area contributed by atoms with Crippen LogP contribution in [0.5, 0.6) is 0 Å². The maximum atomic E-state index is 12.4. The summed E-state index contributed by atoms with van der Waals surface area (Å²) in [6.07, 6.45) is 1.25. The van der Waals surface area contributed by atoms with Crippen LogP contribution >= 0.6 is 22.6 Å². The number of benzene rings is 1. The van der Waals surface area contributed by atoms with Gasteiger partial charge in [-0.15, -0.1) is 0 Å². The van der Waals surface area contributed by atoms with Gasteiger partial charge in [0.05, 0.1) is 5.92 Å². The Morgan fingerprint density at radius 1 is 1.26 bits per heavy atom. The van der Waals surface area contributed by atoms with Crippen molar-refractivity contribution in [1.82, 2.24) is 4.90 Å². The quantitative estimate of drug-likeness (QED) is 0.725. The Kier molecular flexibility index (Phi) is 5.89. The number of hydrogen-bond acceptors (Lipinski definition) is 3. The van der Waals surface area contributed by atoms with E-state index in [1.807, 2.05) is 45.0 Å². The van der Waals surface area contributed by atoms with E-state index >= 15 is 0 Å². The van der Waals surface area contributed by atoms with E-state index in [1.165, 1.54) is 0 Å². The summed E-state index contributed by atoms with van der Waals surface area (Å²) >= 11 is 2.22. The molecule has 1 aromatic carbocycles. The van der Waals surface area contributed by atoms with E-state index in [-0.39, 0.29) is 17.9 Å². The van der Waals surface area contributed by atoms with Gasteiger partial charge in [-0.25, -0.2) is 4.79 Å². The van der Waals surface area contributed by atoms with Gasteiger partial charge in [0, 0.05) is 22.3 Å². The maximum Gasteiger partial charge on any atom is 0.410 e. The summed E-state index contributed by atoms with van der Waals surface area (Å²) in [6, 6.07) is 7.66. The molecule has 1 unspecified atom stereocenters. The largest absolute Gasteiger partial charge is 0.444 e. The minimum atomic E-state index is -0.520. The number of anilines is 1. The predicted molar refractivity (Wildman–Crippen MR) is 98.3 cm³/mol. The fraction of sp³-hybridized carbons (Fsp3) is 0.529. The predicted octanol–water partition coefficient (Wildman–Crippen LogP) is 3.88. The molecule has 0 saturated carbocycles. The fourth-order valence-corrected chi connectivity index (χ4v) is 2.82. The van der Waals surface area contributed by atoms with Crippen LogP contribution in [0.1, 0.15) is 33.6 Å². The average Bonchev–Trinajstić information content (AvgIpc) is 2.48. The van der Waals surface area contributed by atoms with E-state index in [0.29, 0.717) is 13.1 Å². The molecule has 1 heterocycles. The molecule has 23 heavy (non-hydrogen) atoms. The molecule has 1 aliphatic heterocycles. The van der Waals surface area contributed by atoms with Crippen molar-refractivity contribution in [3.8, 4) is 0 Å². The minimum Gasteiger partial charge on any atom is -0.444 e. The van der Waals surface area contributed by atoms with Crippen LogP contribution in [0.3, 0.4) is 0 Å². The molecule has 1 atom stereocenters. The molecule has 1 aromatic rings. The minimum absolute atomic E-state index is 0.0422. The Morgan fingerprint density at radius 3 is 2.52 bits per heavy atom. The highest BCUT2D eigenvalue weighted by Crippen LogP contribution is 2.21. The summed E-state index contributed by atoms with van der Waals surface area (Å²) in [7, 11) is 0. The molecular formula is C17H23IN2O3. The number of carbonyl (C=O) groups is 2. The molecule has 0 bridgehead atoms. The number of rotatable bonds is 2. The van der Waals surface area contributed by atoms with Gasteiger partial charge in [0.2, 0.25) is 5.91 Å². The van der Waals surface area contributed by atoms with Crippen molar-refractivity contribution < 1.29 is 14.3 Å². The van der Waals surface area contributed by atoms with Gasteiger partial charge in [-0.1, -0.05) is 0 Å². The van der Waals surface area contributed by atoms with Gasteiger partial charge in [-0.3, -0.25) is 4.79 Å². The first-order valence-electron chi connectivity index (χ1n) is 7.79. The lowest BCUT2D eigenvalue weighted by molar-refractivity contribution is -0.121. The number of likely N-dealkylation sites (tertiary alicyclic amines) is 1. The average molecular weight is 430 g/mol. The molecular weight excluding hydrogens is 407 g/mol. The fourth-order valence-electron chi connectivity index (χ4n) is 2.46. The van der Waals surface area contributed by atoms with Gasteiger partial charge in [0.15, 0.2) is 0 Å². The van der Waals surface area contributed by atoms with Crippen molar-refractivity contribution in [2.45, 2.75) is 39.2 Å². The molecule has 1 saturated heterocycles. The van der Waals surface area contributed by atoms with Crippen molar-refractivity contribution in [3.05, 3.63) is 27.8 Å². The third kappa shape index (κ3) is 5.67. The van der Waals surface area contributed by atoms with E-state index in [9.17, 15) is 9.59 Å². The van der Waals surface area contributed by atoms with Gasteiger partial charge >= 0.3 is 6.09 Å². The van der Waals surface area contributed by atoms with E-state index < -0.39 is 5.60 Å². The summed E-state index contributed by atoms with van der Waals surface area (Å²) in [5.41, 5.74) is 0.262. The van der Waals surface area contributed by atoms with E-state index in [0.717, 1.165) is 22.1 Å². The van der Waals surface area contributed by atoms with Gasteiger partial charge < -0.3 is 15.0 Å². The zero-order valence-electron chi connectivity index (χ0n) is 13.8. The van der Waals surface area contributed by atoms with E-state index in [2.05, 4.69) is 27.9 Å². The van der Waals surface area contributed by atoms with Crippen molar-refractivity contribution in [2.75, 3.05) is 18.4 Å². The van der Waals surface area contributed by atoms with Gasteiger partial charge in [-0.05, 0) is 80.5 Å². The lowest BCUT2D eigenvalue weighted by atomic mass is 9.97. The van der Waals surface area contributed by atoms with Crippen LogP contribution in [0.15, 0.2) is 24.3 Å². The summed E-state index contributed by atoms with van der Waals surface area (Å²) in [4.78, 5) is 26.2. The number of hydrogen-bond donors (Lipinski definition) is 1. The maximum absolute atomic E-state index is 12.4. The summed E-state index contributed by atoms with van der Waals surface area (Å²) in [5, 5.41) is 2.93. The van der Waals surface area contributed by atoms with Crippen LogP contribution in [0.25, 0.3) is 0 Å². The number of nitrogens with one attached hydrogen (secondary N) is 1. The molecule has 0 radical (unpaired) electrons. The lowest BCUT2D eigenvalue weighted by Crippen LogP contribution is -2.45. The Bertz CT molecular complexity index is 566. The van der Waals surface area contributed by atoms with Gasteiger partial charge in [-0.2, -0.15) is 0 Å². The molecule has 2 rings (SSSR count). The molecule has 1 aliphatic rings. The second-order valence-electron chi connectivity index (χ2n) is 6.76. The number of ether oxygens (including phenoxy) is 1. The Balaban J connectivity index is 1.93. The first-order valence-corrected chi connectivity index (χ1v) is 8.87. The molecule has 0 aromatic heterocycles. The standard InChI is InChI=1S/C17H23IN2O3/c1-17(2,3)23-16(22)20-10-4-5-12(11-20)15(21)19-14-8-6-13(18)7-9-14/h6-9,12H,4-5,10-11H2,1-3H3,(H,19,21). The van der Waals surface area contributed by atoms with Crippen LogP contribution in [-0.2, 0) is 9.53 Å². The molecule has 126 valence electrons. The monoisotopic (exact) mass is 430 g/mol. The second kappa shape index (κ2) is 7.51. The summed E-state index contributed by atoms with van der Waals surface area (Å²) in [6.45, 7) is 6.58. The lowest BCUT2D eigenvalue weighted by Gasteiger charge is -2.33. The van der Waals surface area contributed by atoms with Crippen LogP contribution in [0.2, 0.25) is 0 Å². The molecule has 5 nitrogen and oxygen atoms in total. The van der Waals surface area contributed by atoms with Crippen LogP contribution in [0, 0.1) is 9.49 Å². The summed E-state index contributed by atoms with van der Waals surface area (Å²) in [5.74, 6) is -0.241. The van der Waals surface area contributed by atoms with E-state index in [1.54, 1.807) is 4.90 Å². The number of piperidine rings is 1. The van der Waals surface area contributed by atoms with Crippen LogP contribution < -0.4 is 5.32 Å². The van der Waals surface area contributed by atoms with Crippen LogP contribution in [-0.4, -0.2) is 35.6 Å². The van der Waals surface area contributed by atoms with Crippen molar-refractivity contribution >= 4 is 40.3 Å². The zero-order valence-corrected chi connectivity index (χ0v) is 15.9. The molecule has 2 amide bonds. The smallest absolute Gasteiger partial charge is 0.410 e. The van der Waals surface area contributed by atoms with Crippen molar-refractivity contribution in [3.63, 3.8) is 0 Å². The third-order valence-corrected chi connectivity index (χ3v) is 4.27. The molecule has 0 spiro atoms. The van der Waals surface area contributed by atoms with Gasteiger partial charge in [0.1, 0.15) is 5.60 Å². The Hall–Kier alpha value is -1.31. The highest BCUT2D eigenvalue weighted by atomic mass is 127. The number of carbonyl (C=O) groups excluding carboxylic acids is 2. The van der Waals surface area contributed by atoms with Crippen molar-refractivity contribution in [2.24, 2.45) is 5.92 Å². The normalized spacial score (nSPS) is 18.4.